The van der Waals surface area contributed by atoms with Crippen LogP contribution in [0.5, 0.6) is 0 Å². The molecule has 0 aliphatic heterocycles. The zero-order valence-corrected chi connectivity index (χ0v) is 12.6. The van der Waals surface area contributed by atoms with Gasteiger partial charge in [-0.2, -0.15) is 0 Å². The van der Waals surface area contributed by atoms with E-state index in [2.05, 4.69) is 22.9 Å². The van der Waals surface area contributed by atoms with Crippen LogP contribution in [0.4, 0.5) is 10.5 Å². The first-order valence-electron chi connectivity index (χ1n) is 6.96. The molecule has 0 fully saturated rings. The molecule has 1 atom stereocenters. The second-order valence-electron chi connectivity index (χ2n) is 4.95. The summed E-state index contributed by atoms with van der Waals surface area (Å²) in [5.41, 5.74) is 1.93. The van der Waals surface area contributed by atoms with Gasteiger partial charge in [0, 0.05) is 11.7 Å². The summed E-state index contributed by atoms with van der Waals surface area (Å²) in [6, 6.07) is 11.5. The van der Waals surface area contributed by atoms with Crippen LogP contribution in [-0.2, 0) is 6.54 Å². The second-order valence-corrected chi connectivity index (χ2v) is 4.95. The van der Waals surface area contributed by atoms with Crippen LogP contribution in [0.3, 0.4) is 0 Å². The van der Waals surface area contributed by atoms with Crippen LogP contribution in [0.15, 0.2) is 40.8 Å². The molecular formula is C16H21N3O2. The third kappa shape index (κ3) is 4.36. The highest BCUT2D eigenvalue weighted by Gasteiger charge is 2.05. The Morgan fingerprint density at radius 2 is 1.90 bits per heavy atom. The van der Waals surface area contributed by atoms with Crippen LogP contribution in [0.25, 0.3) is 0 Å². The van der Waals surface area contributed by atoms with Gasteiger partial charge in [-0.3, -0.25) is 0 Å². The molecule has 0 radical (unpaired) electrons. The Kier molecular flexibility index (Phi) is 5.00. The van der Waals surface area contributed by atoms with E-state index < -0.39 is 0 Å². The lowest BCUT2D eigenvalue weighted by atomic mass is 10.1. The molecule has 3 N–H and O–H groups in total. The first-order chi connectivity index (χ1) is 10.1. The van der Waals surface area contributed by atoms with Crippen LogP contribution in [0, 0.1) is 6.92 Å². The van der Waals surface area contributed by atoms with Crippen LogP contribution >= 0.6 is 0 Å². The van der Waals surface area contributed by atoms with E-state index in [1.807, 2.05) is 50.4 Å². The minimum atomic E-state index is -0.251. The predicted molar refractivity (Wildman–Crippen MR) is 83.2 cm³/mol. The number of benzene rings is 1. The summed E-state index contributed by atoms with van der Waals surface area (Å²) in [5.74, 6) is 1.57. The molecular weight excluding hydrogens is 266 g/mol. The number of carbonyl (C=O) groups is 1. The summed E-state index contributed by atoms with van der Waals surface area (Å²) in [6.45, 7) is 4.33. The highest BCUT2D eigenvalue weighted by Crippen LogP contribution is 2.15. The second kappa shape index (κ2) is 6.95. The van der Waals surface area contributed by atoms with Crippen molar-refractivity contribution in [2.45, 2.75) is 26.4 Å². The average molecular weight is 287 g/mol. The number of rotatable bonds is 5. The normalized spacial score (nSPS) is 12.0. The number of nitrogens with one attached hydrogen (secondary N) is 3. The Hall–Kier alpha value is -2.27. The quantitative estimate of drug-likeness (QED) is 0.791. The van der Waals surface area contributed by atoms with E-state index in [9.17, 15) is 4.79 Å². The maximum absolute atomic E-state index is 11.8. The minimum absolute atomic E-state index is 0.251. The first-order valence-corrected chi connectivity index (χ1v) is 6.96. The first kappa shape index (κ1) is 15.1. The highest BCUT2D eigenvalue weighted by atomic mass is 16.3. The molecule has 0 spiro atoms. The van der Waals surface area contributed by atoms with E-state index in [4.69, 9.17) is 4.42 Å². The van der Waals surface area contributed by atoms with Crippen LogP contribution in [-0.4, -0.2) is 13.1 Å². The van der Waals surface area contributed by atoms with E-state index in [1.165, 1.54) is 5.56 Å². The largest absolute Gasteiger partial charge is 0.465 e. The summed E-state index contributed by atoms with van der Waals surface area (Å²) in [7, 11) is 1.92. The Morgan fingerprint density at radius 1 is 1.19 bits per heavy atom. The van der Waals surface area contributed by atoms with E-state index in [-0.39, 0.29) is 12.1 Å². The molecule has 5 heteroatoms. The van der Waals surface area contributed by atoms with Gasteiger partial charge in [0.1, 0.15) is 11.5 Å². The lowest BCUT2D eigenvalue weighted by Gasteiger charge is -2.11. The molecule has 0 saturated heterocycles. The van der Waals surface area contributed by atoms with Gasteiger partial charge in [0.15, 0.2) is 0 Å². The third-order valence-corrected chi connectivity index (χ3v) is 3.32. The fourth-order valence-corrected chi connectivity index (χ4v) is 1.94. The van der Waals surface area contributed by atoms with Gasteiger partial charge in [-0.1, -0.05) is 12.1 Å². The number of furan rings is 1. The summed E-state index contributed by atoms with van der Waals surface area (Å²) in [4.78, 5) is 11.8. The maximum Gasteiger partial charge on any atom is 0.319 e. The number of hydrogen-bond acceptors (Lipinski definition) is 3. The van der Waals surface area contributed by atoms with E-state index in [0.29, 0.717) is 6.54 Å². The highest BCUT2D eigenvalue weighted by molar-refractivity contribution is 5.89. The maximum atomic E-state index is 11.8. The minimum Gasteiger partial charge on any atom is -0.465 e. The fourth-order valence-electron chi connectivity index (χ4n) is 1.94. The van der Waals surface area contributed by atoms with Gasteiger partial charge in [0.2, 0.25) is 0 Å². The van der Waals surface area contributed by atoms with E-state index in [0.717, 1.165) is 17.2 Å². The number of urea groups is 1. The van der Waals surface area contributed by atoms with Crippen LogP contribution in [0.2, 0.25) is 0 Å². The summed E-state index contributed by atoms with van der Waals surface area (Å²) in [6.07, 6.45) is 0. The van der Waals surface area contributed by atoms with Crippen molar-refractivity contribution in [1.29, 1.82) is 0 Å². The van der Waals surface area contributed by atoms with E-state index >= 15 is 0 Å². The molecule has 0 aliphatic carbocycles. The fraction of sp³-hybridized carbons (Fsp3) is 0.312. The van der Waals surface area contributed by atoms with Gasteiger partial charge in [-0.25, -0.2) is 4.79 Å². The average Bonchev–Trinajstić information content (AvgIpc) is 2.91. The van der Waals surface area contributed by atoms with Crippen molar-refractivity contribution in [1.82, 2.24) is 10.6 Å². The van der Waals surface area contributed by atoms with Crippen molar-refractivity contribution in [3.05, 3.63) is 53.5 Å². The number of hydrogen-bond donors (Lipinski definition) is 3. The zero-order valence-electron chi connectivity index (χ0n) is 12.6. The van der Waals surface area contributed by atoms with Gasteiger partial charge in [-0.15, -0.1) is 0 Å². The molecule has 0 bridgehead atoms. The molecule has 5 nitrogen and oxygen atoms in total. The molecule has 2 rings (SSSR count). The number of anilines is 1. The molecule has 0 saturated carbocycles. The summed E-state index contributed by atoms with van der Waals surface area (Å²) in [5, 5.41) is 8.72. The van der Waals surface area contributed by atoms with Crippen molar-refractivity contribution < 1.29 is 9.21 Å². The van der Waals surface area contributed by atoms with Crippen LogP contribution in [0.1, 0.15) is 30.0 Å². The van der Waals surface area contributed by atoms with Gasteiger partial charge in [0.25, 0.3) is 0 Å². The predicted octanol–water partition coefficient (Wildman–Crippen LogP) is 3.19. The SMILES string of the molecule is CNC(C)c1ccc(NC(=O)NCc2ccc(C)o2)cc1. The molecule has 21 heavy (non-hydrogen) atoms. The van der Waals surface area contributed by atoms with Crippen molar-refractivity contribution >= 4 is 11.7 Å². The van der Waals surface area contributed by atoms with Crippen molar-refractivity contribution in [2.75, 3.05) is 12.4 Å². The van der Waals surface area contributed by atoms with E-state index in [1.54, 1.807) is 0 Å². The van der Waals surface area contributed by atoms with Crippen LogP contribution < -0.4 is 16.0 Å². The third-order valence-electron chi connectivity index (χ3n) is 3.32. The smallest absolute Gasteiger partial charge is 0.319 e. The van der Waals surface area contributed by atoms with Crippen molar-refractivity contribution in [2.24, 2.45) is 0 Å². The number of aryl methyl sites for hydroxylation is 1. The summed E-state index contributed by atoms with van der Waals surface area (Å²) < 4.78 is 5.39. The van der Waals surface area contributed by atoms with Gasteiger partial charge >= 0.3 is 6.03 Å². The lowest BCUT2D eigenvalue weighted by molar-refractivity contribution is 0.250. The molecule has 0 aliphatic rings. The number of amides is 2. The molecule has 1 aromatic heterocycles. The molecule has 112 valence electrons. The molecule has 1 aromatic carbocycles. The Bertz CT molecular complexity index is 590. The Morgan fingerprint density at radius 3 is 2.48 bits per heavy atom. The number of carbonyl (C=O) groups excluding carboxylic acids is 1. The topological polar surface area (TPSA) is 66.3 Å². The molecule has 2 amide bonds. The Labute approximate surface area is 124 Å². The zero-order chi connectivity index (χ0) is 15.2. The monoisotopic (exact) mass is 287 g/mol. The van der Waals surface area contributed by atoms with Gasteiger partial charge < -0.3 is 20.4 Å². The summed E-state index contributed by atoms with van der Waals surface area (Å²) >= 11 is 0. The van der Waals surface area contributed by atoms with Gasteiger partial charge in [0.05, 0.1) is 6.54 Å². The molecule has 1 heterocycles. The van der Waals surface area contributed by atoms with Gasteiger partial charge in [-0.05, 0) is 50.7 Å². The lowest BCUT2D eigenvalue weighted by Crippen LogP contribution is -2.28. The standard InChI is InChI=1S/C16H21N3O2/c1-11-4-9-15(21-11)10-18-16(20)19-14-7-5-13(6-8-14)12(2)17-3/h4-9,12,17H,10H2,1-3H3,(H2,18,19,20). The molecule has 1 unspecified atom stereocenters. The Balaban J connectivity index is 1.84. The van der Waals surface area contributed by atoms with Crippen molar-refractivity contribution in [3.63, 3.8) is 0 Å². The molecule has 2 aromatic rings. The van der Waals surface area contributed by atoms with Crippen molar-refractivity contribution in [3.8, 4) is 0 Å².